The Hall–Kier alpha value is -1.56. The van der Waals surface area contributed by atoms with Crippen molar-refractivity contribution in [3.05, 3.63) is 30.1 Å². The molecule has 0 atom stereocenters. The Morgan fingerprint density at radius 3 is 2.76 bits per heavy atom. The van der Waals surface area contributed by atoms with Gasteiger partial charge in [-0.1, -0.05) is 0 Å². The number of hydrogen-bond donors (Lipinski definition) is 0. The number of nitrogens with zero attached hydrogens (tertiary/aromatic N) is 2. The number of methoxy groups -OCH3 is 1. The van der Waals surface area contributed by atoms with E-state index in [1.54, 1.807) is 11.7 Å². The van der Waals surface area contributed by atoms with E-state index in [0.717, 1.165) is 12.1 Å². The summed E-state index contributed by atoms with van der Waals surface area (Å²) in [5, 5.41) is 0. The minimum absolute atomic E-state index is 0.343. The van der Waals surface area contributed by atoms with Crippen LogP contribution in [0.2, 0.25) is 0 Å². The number of ether oxygens (including phenoxy) is 1. The molecule has 0 N–H and O–H groups in total. The Morgan fingerprint density at radius 1 is 1.35 bits per heavy atom. The molecule has 0 unspecified atom stereocenters. The largest absolute Gasteiger partial charge is 0.416 e. The first-order valence-corrected chi connectivity index (χ1v) is 5.03. The summed E-state index contributed by atoms with van der Waals surface area (Å²) in [4.78, 5) is 3.95. The summed E-state index contributed by atoms with van der Waals surface area (Å²) < 4.78 is 44.1. The number of alkyl halides is 3. The normalized spacial score (nSPS) is 12.2. The average molecular weight is 244 g/mol. The molecule has 0 aliphatic carbocycles. The number of imidazole rings is 1. The average Bonchev–Trinajstić information content (AvgIpc) is 2.67. The van der Waals surface area contributed by atoms with Crippen LogP contribution in [0.5, 0.6) is 0 Å². The van der Waals surface area contributed by atoms with Gasteiger partial charge in [0.25, 0.3) is 0 Å². The molecule has 0 aliphatic heterocycles. The van der Waals surface area contributed by atoms with Crippen LogP contribution < -0.4 is 0 Å². The van der Waals surface area contributed by atoms with Gasteiger partial charge in [0, 0.05) is 13.7 Å². The van der Waals surface area contributed by atoms with Crippen molar-refractivity contribution in [3.8, 4) is 0 Å². The van der Waals surface area contributed by atoms with Crippen molar-refractivity contribution in [1.82, 2.24) is 9.55 Å². The van der Waals surface area contributed by atoms with Crippen LogP contribution >= 0.6 is 0 Å². The van der Waals surface area contributed by atoms with Crippen LogP contribution in [0.25, 0.3) is 11.0 Å². The van der Waals surface area contributed by atoms with Gasteiger partial charge < -0.3 is 9.30 Å². The second-order valence-electron chi connectivity index (χ2n) is 3.63. The van der Waals surface area contributed by atoms with Gasteiger partial charge in [0.05, 0.1) is 29.5 Å². The highest BCUT2D eigenvalue weighted by Gasteiger charge is 2.30. The Bertz CT molecular complexity index is 519. The van der Waals surface area contributed by atoms with Gasteiger partial charge in [-0.05, 0) is 18.2 Å². The molecule has 0 saturated heterocycles. The van der Waals surface area contributed by atoms with E-state index in [1.165, 1.54) is 12.4 Å². The summed E-state index contributed by atoms with van der Waals surface area (Å²) in [5.41, 5.74) is 0.341. The van der Waals surface area contributed by atoms with Crippen LogP contribution in [0, 0.1) is 0 Å². The van der Waals surface area contributed by atoms with Crippen molar-refractivity contribution in [1.29, 1.82) is 0 Å². The highest BCUT2D eigenvalue weighted by Crippen LogP contribution is 2.30. The van der Waals surface area contributed by atoms with Crippen LogP contribution in [0.15, 0.2) is 24.5 Å². The van der Waals surface area contributed by atoms with Crippen LogP contribution in [-0.2, 0) is 17.5 Å². The molecular formula is C11H11F3N2O. The van der Waals surface area contributed by atoms with Crippen LogP contribution in [-0.4, -0.2) is 23.3 Å². The number of halogens is 3. The maximum Gasteiger partial charge on any atom is 0.416 e. The molecule has 0 amide bonds. The lowest BCUT2D eigenvalue weighted by molar-refractivity contribution is -0.137. The van der Waals surface area contributed by atoms with E-state index in [0.29, 0.717) is 24.2 Å². The molecular weight excluding hydrogens is 233 g/mol. The summed E-state index contributed by atoms with van der Waals surface area (Å²) in [7, 11) is 1.57. The SMILES string of the molecule is COCCn1cnc2cc(C(F)(F)F)ccc21. The smallest absolute Gasteiger partial charge is 0.383 e. The van der Waals surface area contributed by atoms with Gasteiger partial charge in [0.15, 0.2) is 0 Å². The fourth-order valence-corrected chi connectivity index (χ4v) is 1.61. The lowest BCUT2D eigenvalue weighted by Gasteiger charge is -2.07. The van der Waals surface area contributed by atoms with E-state index in [2.05, 4.69) is 4.98 Å². The molecule has 0 saturated carbocycles. The van der Waals surface area contributed by atoms with Crippen molar-refractivity contribution >= 4 is 11.0 Å². The third-order valence-electron chi connectivity index (χ3n) is 2.48. The first-order valence-electron chi connectivity index (χ1n) is 5.03. The van der Waals surface area contributed by atoms with Crippen molar-refractivity contribution in [2.75, 3.05) is 13.7 Å². The van der Waals surface area contributed by atoms with E-state index in [-0.39, 0.29) is 0 Å². The topological polar surface area (TPSA) is 27.1 Å². The van der Waals surface area contributed by atoms with Crippen molar-refractivity contribution < 1.29 is 17.9 Å². The zero-order valence-electron chi connectivity index (χ0n) is 9.16. The zero-order chi connectivity index (χ0) is 12.5. The molecule has 17 heavy (non-hydrogen) atoms. The Morgan fingerprint density at radius 2 is 2.12 bits per heavy atom. The first-order chi connectivity index (χ1) is 8.02. The number of benzene rings is 1. The molecule has 0 radical (unpaired) electrons. The predicted octanol–water partition coefficient (Wildman–Crippen LogP) is 2.70. The van der Waals surface area contributed by atoms with Crippen molar-refractivity contribution in [3.63, 3.8) is 0 Å². The summed E-state index contributed by atoms with van der Waals surface area (Å²) >= 11 is 0. The summed E-state index contributed by atoms with van der Waals surface area (Å²) in [6.45, 7) is 1.06. The fraction of sp³-hybridized carbons (Fsp3) is 0.364. The molecule has 1 heterocycles. The van der Waals surface area contributed by atoms with Crippen LogP contribution in [0.4, 0.5) is 13.2 Å². The number of rotatable bonds is 3. The van der Waals surface area contributed by atoms with Crippen molar-refractivity contribution in [2.45, 2.75) is 12.7 Å². The molecule has 0 spiro atoms. The summed E-state index contributed by atoms with van der Waals surface area (Å²) in [6.07, 6.45) is -2.81. The lowest BCUT2D eigenvalue weighted by Crippen LogP contribution is -2.05. The van der Waals surface area contributed by atoms with Crippen LogP contribution in [0.3, 0.4) is 0 Å². The van der Waals surface area contributed by atoms with Gasteiger partial charge in [-0.25, -0.2) is 4.98 Å². The van der Waals surface area contributed by atoms with E-state index in [1.807, 2.05) is 0 Å². The second kappa shape index (κ2) is 4.37. The molecule has 0 aliphatic rings. The molecule has 0 bridgehead atoms. The molecule has 1 aromatic heterocycles. The minimum Gasteiger partial charge on any atom is -0.383 e. The second-order valence-corrected chi connectivity index (χ2v) is 3.63. The van der Waals surface area contributed by atoms with Gasteiger partial charge in [-0.3, -0.25) is 0 Å². The van der Waals surface area contributed by atoms with Gasteiger partial charge in [-0.15, -0.1) is 0 Å². The quantitative estimate of drug-likeness (QED) is 0.830. The number of fused-ring (bicyclic) bond motifs is 1. The van der Waals surface area contributed by atoms with Crippen molar-refractivity contribution in [2.24, 2.45) is 0 Å². The van der Waals surface area contributed by atoms with Gasteiger partial charge in [-0.2, -0.15) is 13.2 Å². The third kappa shape index (κ3) is 2.41. The molecule has 0 fully saturated rings. The third-order valence-corrected chi connectivity index (χ3v) is 2.48. The van der Waals surface area contributed by atoms with Gasteiger partial charge in [0.2, 0.25) is 0 Å². The Balaban J connectivity index is 2.38. The first kappa shape index (κ1) is 11.9. The summed E-state index contributed by atoms with van der Waals surface area (Å²) in [5.74, 6) is 0. The molecule has 92 valence electrons. The zero-order valence-corrected chi connectivity index (χ0v) is 9.16. The standard InChI is InChI=1S/C11H11F3N2O/c1-17-5-4-16-7-15-9-6-8(11(12,13)14)2-3-10(9)16/h2-3,6-7H,4-5H2,1H3. The van der Waals surface area contributed by atoms with E-state index in [4.69, 9.17) is 4.74 Å². The molecule has 1 aromatic carbocycles. The van der Waals surface area contributed by atoms with E-state index < -0.39 is 11.7 Å². The Labute approximate surface area is 95.8 Å². The molecule has 6 heteroatoms. The minimum atomic E-state index is -4.33. The van der Waals surface area contributed by atoms with Gasteiger partial charge >= 0.3 is 6.18 Å². The van der Waals surface area contributed by atoms with E-state index in [9.17, 15) is 13.2 Å². The molecule has 3 nitrogen and oxygen atoms in total. The maximum atomic E-state index is 12.5. The highest BCUT2D eigenvalue weighted by atomic mass is 19.4. The van der Waals surface area contributed by atoms with E-state index >= 15 is 0 Å². The highest BCUT2D eigenvalue weighted by molar-refractivity contribution is 5.76. The fourth-order valence-electron chi connectivity index (χ4n) is 1.61. The number of hydrogen-bond acceptors (Lipinski definition) is 2. The maximum absolute atomic E-state index is 12.5. The van der Waals surface area contributed by atoms with Gasteiger partial charge in [0.1, 0.15) is 0 Å². The predicted molar refractivity (Wildman–Crippen MR) is 56.6 cm³/mol. The van der Waals surface area contributed by atoms with Crippen LogP contribution in [0.1, 0.15) is 5.56 Å². The number of aromatic nitrogens is 2. The molecule has 2 aromatic rings. The monoisotopic (exact) mass is 244 g/mol. The lowest BCUT2D eigenvalue weighted by atomic mass is 10.2. The summed E-state index contributed by atoms with van der Waals surface area (Å²) in [6, 6.07) is 3.55. The Kier molecular flexibility index (Phi) is 3.06. The molecule has 2 rings (SSSR count).